The minimum atomic E-state index is -0.753. The summed E-state index contributed by atoms with van der Waals surface area (Å²) in [7, 11) is 1.41. The lowest BCUT2D eigenvalue weighted by Gasteiger charge is -2.35. The third-order valence-corrected chi connectivity index (χ3v) is 5.33. The minimum absolute atomic E-state index is 0.158. The van der Waals surface area contributed by atoms with Gasteiger partial charge in [-0.05, 0) is 25.8 Å². The van der Waals surface area contributed by atoms with Gasteiger partial charge in [-0.3, -0.25) is 19.4 Å². The summed E-state index contributed by atoms with van der Waals surface area (Å²) in [5.74, 6) is -0.518. The molecule has 0 amide bonds. The van der Waals surface area contributed by atoms with Crippen LogP contribution < -0.4 is 0 Å². The Morgan fingerprint density at radius 2 is 1.96 bits per heavy atom. The van der Waals surface area contributed by atoms with Gasteiger partial charge in [-0.25, -0.2) is 0 Å². The van der Waals surface area contributed by atoms with Crippen molar-refractivity contribution in [3.05, 3.63) is 35.9 Å². The van der Waals surface area contributed by atoms with E-state index in [0.717, 1.165) is 19.6 Å². The summed E-state index contributed by atoms with van der Waals surface area (Å²) in [6.45, 7) is 6.34. The second kappa shape index (κ2) is 7.14. The fourth-order valence-electron chi connectivity index (χ4n) is 4.28. The summed E-state index contributed by atoms with van der Waals surface area (Å²) in [5.41, 5.74) is 0.438. The van der Waals surface area contributed by atoms with Gasteiger partial charge in [0.25, 0.3) is 0 Å². The van der Waals surface area contributed by atoms with Crippen molar-refractivity contribution >= 4 is 11.9 Å². The molecule has 6 nitrogen and oxygen atoms in total. The SMILES string of the molecule is CCOC(=O)C1CC(C)(C(=O)OC)C2N(Cc3ccccc3)CCN12. The third-order valence-electron chi connectivity index (χ3n) is 5.33. The van der Waals surface area contributed by atoms with Crippen molar-refractivity contribution in [2.24, 2.45) is 5.41 Å². The molecule has 1 aromatic carbocycles. The molecule has 0 bridgehead atoms. The number of nitrogens with zero attached hydrogens (tertiary/aromatic N) is 2. The first-order valence-corrected chi connectivity index (χ1v) is 8.80. The van der Waals surface area contributed by atoms with E-state index < -0.39 is 11.5 Å². The largest absolute Gasteiger partial charge is 0.469 e. The monoisotopic (exact) mass is 346 g/mol. The Morgan fingerprint density at radius 1 is 1.24 bits per heavy atom. The summed E-state index contributed by atoms with van der Waals surface area (Å²) in [4.78, 5) is 29.4. The summed E-state index contributed by atoms with van der Waals surface area (Å²) < 4.78 is 10.3. The van der Waals surface area contributed by atoms with Crippen molar-refractivity contribution in [3.8, 4) is 0 Å². The van der Waals surface area contributed by atoms with Crippen molar-refractivity contribution in [2.45, 2.75) is 39.0 Å². The second-order valence-electron chi connectivity index (χ2n) is 6.95. The molecule has 6 heteroatoms. The average molecular weight is 346 g/mol. The van der Waals surface area contributed by atoms with Gasteiger partial charge in [0, 0.05) is 19.6 Å². The second-order valence-corrected chi connectivity index (χ2v) is 6.95. The lowest BCUT2D eigenvalue weighted by atomic mass is 9.84. The molecule has 0 aromatic heterocycles. The van der Waals surface area contributed by atoms with E-state index in [1.54, 1.807) is 6.92 Å². The zero-order valence-electron chi connectivity index (χ0n) is 15.1. The number of benzene rings is 1. The maximum atomic E-state index is 12.6. The van der Waals surface area contributed by atoms with E-state index in [1.807, 2.05) is 25.1 Å². The van der Waals surface area contributed by atoms with Gasteiger partial charge in [0.15, 0.2) is 0 Å². The van der Waals surface area contributed by atoms with E-state index in [1.165, 1.54) is 12.7 Å². The van der Waals surface area contributed by atoms with Crippen LogP contribution >= 0.6 is 0 Å². The Morgan fingerprint density at radius 3 is 2.60 bits per heavy atom. The van der Waals surface area contributed by atoms with E-state index in [-0.39, 0.29) is 18.1 Å². The first-order valence-electron chi connectivity index (χ1n) is 8.80. The van der Waals surface area contributed by atoms with E-state index in [0.29, 0.717) is 13.0 Å². The molecule has 2 heterocycles. The third kappa shape index (κ3) is 3.16. The highest BCUT2D eigenvalue weighted by Crippen LogP contribution is 2.46. The Kier molecular flexibility index (Phi) is 5.11. The van der Waals surface area contributed by atoms with Crippen LogP contribution in [0.5, 0.6) is 0 Å². The minimum Gasteiger partial charge on any atom is -0.469 e. The number of hydrogen-bond acceptors (Lipinski definition) is 6. The topological polar surface area (TPSA) is 59.1 Å². The molecule has 25 heavy (non-hydrogen) atoms. The molecule has 1 aromatic rings. The fraction of sp³-hybridized carbons (Fsp3) is 0.579. The lowest BCUT2D eigenvalue weighted by Crippen LogP contribution is -2.49. The molecule has 2 aliphatic rings. The van der Waals surface area contributed by atoms with E-state index in [4.69, 9.17) is 9.47 Å². The maximum absolute atomic E-state index is 12.6. The zero-order chi connectivity index (χ0) is 18.0. The number of esters is 2. The first kappa shape index (κ1) is 17.9. The van der Waals surface area contributed by atoms with Gasteiger partial charge >= 0.3 is 11.9 Å². The van der Waals surface area contributed by atoms with Crippen LogP contribution in [0.2, 0.25) is 0 Å². The van der Waals surface area contributed by atoms with Gasteiger partial charge in [0.2, 0.25) is 0 Å². The van der Waals surface area contributed by atoms with Gasteiger partial charge in [-0.1, -0.05) is 30.3 Å². The van der Waals surface area contributed by atoms with Crippen molar-refractivity contribution in [1.29, 1.82) is 0 Å². The molecular weight excluding hydrogens is 320 g/mol. The van der Waals surface area contributed by atoms with Gasteiger partial charge in [-0.2, -0.15) is 0 Å². The molecule has 136 valence electrons. The number of methoxy groups -OCH3 is 1. The normalized spacial score (nSPS) is 29.4. The Balaban J connectivity index is 1.88. The van der Waals surface area contributed by atoms with Gasteiger partial charge in [0.05, 0.1) is 25.3 Å². The number of hydrogen-bond donors (Lipinski definition) is 0. The number of fused-ring (bicyclic) bond motifs is 1. The van der Waals surface area contributed by atoms with Crippen molar-refractivity contribution < 1.29 is 19.1 Å². The van der Waals surface area contributed by atoms with Crippen LogP contribution in [0.3, 0.4) is 0 Å². The van der Waals surface area contributed by atoms with Crippen molar-refractivity contribution in [1.82, 2.24) is 9.80 Å². The molecule has 3 rings (SSSR count). The van der Waals surface area contributed by atoms with Crippen LogP contribution in [0.25, 0.3) is 0 Å². The van der Waals surface area contributed by atoms with Crippen molar-refractivity contribution in [3.63, 3.8) is 0 Å². The quantitative estimate of drug-likeness (QED) is 0.756. The van der Waals surface area contributed by atoms with Crippen LogP contribution in [-0.4, -0.2) is 60.8 Å². The number of carbonyl (C=O) groups is 2. The molecule has 3 atom stereocenters. The highest BCUT2D eigenvalue weighted by molar-refractivity contribution is 5.83. The fourth-order valence-corrected chi connectivity index (χ4v) is 4.28. The Bertz CT molecular complexity index is 636. The Labute approximate surface area is 148 Å². The summed E-state index contributed by atoms with van der Waals surface area (Å²) in [5, 5.41) is 0. The molecule has 2 saturated heterocycles. The Hall–Kier alpha value is -1.92. The van der Waals surface area contributed by atoms with E-state index in [9.17, 15) is 9.59 Å². The summed E-state index contributed by atoms with van der Waals surface area (Å²) >= 11 is 0. The molecule has 0 saturated carbocycles. The number of ether oxygens (including phenoxy) is 2. The molecule has 2 fully saturated rings. The molecular formula is C19H26N2O4. The van der Waals surface area contributed by atoms with E-state index in [2.05, 4.69) is 21.9 Å². The number of rotatable bonds is 5. The van der Waals surface area contributed by atoms with Crippen LogP contribution in [0.4, 0.5) is 0 Å². The predicted molar refractivity (Wildman–Crippen MR) is 92.5 cm³/mol. The average Bonchev–Trinajstić information content (AvgIpc) is 3.16. The smallest absolute Gasteiger partial charge is 0.323 e. The van der Waals surface area contributed by atoms with Crippen LogP contribution in [-0.2, 0) is 25.6 Å². The van der Waals surface area contributed by atoms with Crippen LogP contribution in [0.1, 0.15) is 25.8 Å². The maximum Gasteiger partial charge on any atom is 0.323 e. The standard InChI is InChI=1S/C19H26N2O4/c1-4-25-16(22)15-12-19(2,18(23)24-3)17-20(10-11-21(15)17)13-14-8-6-5-7-9-14/h5-9,15,17H,4,10-13H2,1-3H3. The highest BCUT2D eigenvalue weighted by atomic mass is 16.5. The van der Waals surface area contributed by atoms with Gasteiger partial charge in [-0.15, -0.1) is 0 Å². The first-order chi connectivity index (χ1) is 12.0. The molecule has 0 N–H and O–H groups in total. The van der Waals surface area contributed by atoms with Gasteiger partial charge < -0.3 is 9.47 Å². The lowest BCUT2D eigenvalue weighted by molar-refractivity contribution is -0.155. The summed E-state index contributed by atoms with van der Waals surface area (Å²) in [6.07, 6.45) is 0.267. The van der Waals surface area contributed by atoms with Gasteiger partial charge in [0.1, 0.15) is 6.04 Å². The van der Waals surface area contributed by atoms with E-state index >= 15 is 0 Å². The molecule has 2 aliphatic heterocycles. The highest BCUT2D eigenvalue weighted by Gasteiger charge is 2.60. The molecule has 3 unspecified atom stereocenters. The molecule has 0 spiro atoms. The van der Waals surface area contributed by atoms with Crippen molar-refractivity contribution in [2.75, 3.05) is 26.8 Å². The molecule has 0 radical (unpaired) electrons. The molecule has 0 aliphatic carbocycles. The van der Waals surface area contributed by atoms with Crippen LogP contribution in [0.15, 0.2) is 30.3 Å². The zero-order valence-corrected chi connectivity index (χ0v) is 15.1. The number of carbonyl (C=O) groups excluding carboxylic acids is 2. The predicted octanol–water partition coefficient (Wildman–Crippen LogP) is 1.64. The van der Waals surface area contributed by atoms with Crippen LogP contribution in [0, 0.1) is 5.41 Å². The summed E-state index contributed by atoms with van der Waals surface area (Å²) in [6, 6.07) is 9.78.